The molecule has 2 aromatic carbocycles. The largest absolute Gasteiger partial charge is 0.496 e. The molecule has 2 aromatic rings. The lowest BCUT2D eigenvalue weighted by atomic mass is 10.0. The van der Waals surface area contributed by atoms with Gasteiger partial charge in [-0.1, -0.05) is 49.7 Å². The molecule has 2 rings (SSSR count). The molecule has 0 fully saturated rings. The van der Waals surface area contributed by atoms with Crippen LogP contribution in [-0.2, 0) is 30.3 Å². The number of nitrogens with one attached hydrogen (secondary N) is 2. The van der Waals surface area contributed by atoms with E-state index in [4.69, 9.17) is 9.47 Å². The fourth-order valence-electron chi connectivity index (χ4n) is 4.11. The first kappa shape index (κ1) is 31.0. The van der Waals surface area contributed by atoms with Crippen LogP contribution in [0.4, 0.5) is 0 Å². The van der Waals surface area contributed by atoms with Gasteiger partial charge in [-0.25, -0.2) is 4.79 Å². The van der Waals surface area contributed by atoms with Crippen LogP contribution in [0.3, 0.4) is 0 Å². The molecule has 0 aliphatic carbocycles. The van der Waals surface area contributed by atoms with E-state index < -0.39 is 54.6 Å². The number of Topliss-reactive ketones (excluding diaryl/α,β-unsaturated/α-hetero) is 1. The van der Waals surface area contributed by atoms with Crippen molar-refractivity contribution in [2.45, 2.75) is 59.5 Å². The van der Waals surface area contributed by atoms with Crippen LogP contribution in [0.25, 0.3) is 0 Å². The van der Waals surface area contributed by atoms with Gasteiger partial charge in [-0.15, -0.1) is 0 Å². The number of benzene rings is 2. The Labute approximate surface area is 228 Å². The minimum atomic E-state index is -1.46. The number of hydrogen-bond donors (Lipinski definition) is 3. The number of ether oxygens (including phenoxy) is 2. The lowest BCUT2D eigenvalue weighted by Gasteiger charge is -2.25. The van der Waals surface area contributed by atoms with Crippen LogP contribution < -0.4 is 15.4 Å². The van der Waals surface area contributed by atoms with Crippen LogP contribution in [0.1, 0.15) is 52.9 Å². The fourth-order valence-corrected chi connectivity index (χ4v) is 4.11. The minimum Gasteiger partial charge on any atom is -0.496 e. The molecule has 0 spiro atoms. The fraction of sp³-hybridized carbons (Fsp3) is 0.414. The van der Waals surface area contributed by atoms with E-state index in [1.807, 2.05) is 19.1 Å². The summed E-state index contributed by atoms with van der Waals surface area (Å²) < 4.78 is 10.5. The highest BCUT2D eigenvalue weighted by Gasteiger charge is 2.31. The first-order valence-corrected chi connectivity index (χ1v) is 12.5. The van der Waals surface area contributed by atoms with E-state index in [1.165, 1.54) is 7.11 Å². The topological polar surface area (TPSA) is 148 Å². The quantitative estimate of drug-likeness (QED) is 0.329. The molecule has 0 radical (unpaired) electrons. The second kappa shape index (κ2) is 14.1. The monoisotopic (exact) mass is 540 g/mol. The molecule has 210 valence electrons. The van der Waals surface area contributed by atoms with Gasteiger partial charge in [-0.3, -0.25) is 19.2 Å². The van der Waals surface area contributed by atoms with E-state index in [1.54, 1.807) is 52.0 Å². The summed E-state index contributed by atoms with van der Waals surface area (Å²) in [7, 11) is 1.50. The standard InChI is InChI=1S/C29H36N2O8/c1-16(2)27(31-24(33)13-20-12-17(3)10-11-23(20)38-6)28(36)30-21(14-25(34)35)22(32)15-39-29(37)26-18(4)8-7-9-19(26)5/h7-12,16,21,27H,13-15H2,1-6H3,(H,30,36)(H,31,33)(H,34,35)/t21?,27-/m0/s1. The molecule has 0 aromatic heterocycles. The van der Waals surface area contributed by atoms with Gasteiger partial charge in [-0.2, -0.15) is 0 Å². The molecule has 0 heterocycles. The van der Waals surface area contributed by atoms with Crippen molar-refractivity contribution in [2.75, 3.05) is 13.7 Å². The van der Waals surface area contributed by atoms with Gasteiger partial charge >= 0.3 is 11.9 Å². The number of carbonyl (C=O) groups is 5. The van der Waals surface area contributed by atoms with Gasteiger partial charge in [0, 0.05) is 5.56 Å². The van der Waals surface area contributed by atoms with Gasteiger partial charge in [0.1, 0.15) is 17.8 Å². The maximum atomic E-state index is 13.1. The third kappa shape index (κ3) is 8.94. The Morgan fingerprint density at radius 2 is 1.59 bits per heavy atom. The summed E-state index contributed by atoms with van der Waals surface area (Å²) in [5, 5.41) is 14.4. The summed E-state index contributed by atoms with van der Waals surface area (Å²) in [6.45, 7) is 8.03. The van der Waals surface area contributed by atoms with Gasteiger partial charge in [0.2, 0.25) is 11.8 Å². The predicted molar refractivity (Wildman–Crippen MR) is 144 cm³/mol. The number of carboxylic acids is 1. The van der Waals surface area contributed by atoms with Gasteiger partial charge in [0.25, 0.3) is 0 Å². The van der Waals surface area contributed by atoms with Gasteiger partial charge in [-0.05, 0) is 43.9 Å². The summed E-state index contributed by atoms with van der Waals surface area (Å²) in [6, 6.07) is 8.15. The second-order valence-electron chi connectivity index (χ2n) is 9.75. The third-order valence-corrected chi connectivity index (χ3v) is 6.17. The number of carboxylic acid groups (broad SMARTS) is 1. The summed E-state index contributed by atoms with van der Waals surface area (Å²) in [6.07, 6.45) is -0.766. The van der Waals surface area contributed by atoms with Crippen molar-refractivity contribution in [3.63, 3.8) is 0 Å². The zero-order valence-corrected chi connectivity index (χ0v) is 23.1. The Morgan fingerprint density at radius 3 is 2.15 bits per heavy atom. The molecule has 0 aliphatic heterocycles. The number of esters is 1. The summed E-state index contributed by atoms with van der Waals surface area (Å²) >= 11 is 0. The van der Waals surface area contributed by atoms with Gasteiger partial charge in [0.15, 0.2) is 12.4 Å². The number of rotatable bonds is 13. The molecule has 0 aliphatic rings. The predicted octanol–water partition coefficient (Wildman–Crippen LogP) is 2.69. The van der Waals surface area contributed by atoms with Crippen molar-refractivity contribution in [1.82, 2.24) is 10.6 Å². The van der Waals surface area contributed by atoms with Crippen LogP contribution in [0.5, 0.6) is 5.75 Å². The molecular formula is C29H36N2O8. The average molecular weight is 541 g/mol. The van der Waals surface area contributed by atoms with Crippen molar-refractivity contribution in [1.29, 1.82) is 0 Å². The lowest BCUT2D eigenvalue weighted by Crippen LogP contribution is -2.54. The van der Waals surface area contributed by atoms with Crippen molar-refractivity contribution in [3.8, 4) is 5.75 Å². The van der Waals surface area contributed by atoms with E-state index in [0.717, 1.165) is 5.56 Å². The van der Waals surface area contributed by atoms with Crippen LogP contribution >= 0.6 is 0 Å². The highest BCUT2D eigenvalue weighted by atomic mass is 16.5. The Balaban J connectivity index is 2.10. The van der Waals surface area contributed by atoms with Crippen LogP contribution in [0, 0.1) is 26.7 Å². The molecule has 2 atom stereocenters. The molecule has 0 saturated heterocycles. The summed E-state index contributed by atoms with van der Waals surface area (Å²) in [5.74, 6) is -3.86. The third-order valence-electron chi connectivity index (χ3n) is 6.17. The number of ketones is 1. The summed E-state index contributed by atoms with van der Waals surface area (Å²) in [4.78, 5) is 62.7. The zero-order chi connectivity index (χ0) is 29.3. The number of aryl methyl sites for hydroxylation is 3. The van der Waals surface area contributed by atoms with Crippen molar-refractivity contribution in [3.05, 3.63) is 64.2 Å². The van der Waals surface area contributed by atoms with E-state index in [2.05, 4.69) is 10.6 Å². The SMILES string of the molecule is COc1ccc(C)cc1CC(=O)N[C@H](C(=O)NC(CC(=O)O)C(=O)COC(=O)c1c(C)cccc1C)C(C)C. The molecule has 3 N–H and O–H groups in total. The van der Waals surface area contributed by atoms with Crippen LogP contribution in [0.2, 0.25) is 0 Å². The Bertz CT molecular complexity index is 1220. The zero-order valence-electron chi connectivity index (χ0n) is 23.1. The van der Waals surface area contributed by atoms with E-state index >= 15 is 0 Å². The normalized spacial score (nSPS) is 12.3. The number of carbonyl (C=O) groups excluding carboxylic acids is 4. The van der Waals surface area contributed by atoms with E-state index in [9.17, 15) is 29.1 Å². The van der Waals surface area contributed by atoms with E-state index in [-0.39, 0.29) is 12.3 Å². The molecule has 10 nitrogen and oxygen atoms in total. The highest BCUT2D eigenvalue weighted by molar-refractivity contribution is 5.98. The number of methoxy groups -OCH3 is 1. The van der Waals surface area contributed by atoms with Crippen molar-refractivity contribution < 1.29 is 38.6 Å². The molecule has 39 heavy (non-hydrogen) atoms. The molecule has 1 unspecified atom stereocenters. The second-order valence-corrected chi connectivity index (χ2v) is 9.75. The molecule has 10 heteroatoms. The molecular weight excluding hydrogens is 504 g/mol. The maximum absolute atomic E-state index is 13.1. The number of aliphatic carboxylic acids is 1. The lowest BCUT2D eigenvalue weighted by molar-refractivity contribution is -0.141. The van der Waals surface area contributed by atoms with E-state index in [0.29, 0.717) is 28.0 Å². The Kier molecular flexibility index (Phi) is 11.2. The molecule has 0 saturated carbocycles. The minimum absolute atomic E-state index is 0.0485. The Hall–Kier alpha value is -4.21. The van der Waals surface area contributed by atoms with Gasteiger partial charge < -0.3 is 25.2 Å². The van der Waals surface area contributed by atoms with Crippen LogP contribution in [0.15, 0.2) is 36.4 Å². The van der Waals surface area contributed by atoms with Gasteiger partial charge in [0.05, 0.1) is 25.5 Å². The average Bonchev–Trinajstić information content (AvgIpc) is 2.85. The smallest absolute Gasteiger partial charge is 0.339 e. The molecule has 0 bridgehead atoms. The van der Waals surface area contributed by atoms with Crippen molar-refractivity contribution in [2.24, 2.45) is 5.92 Å². The van der Waals surface area contributed by atoms with Crippen LogP contribution in [-0.4, -0.2) is 60.4 Å². The summed E-state index contributed by atoms with van der Waals surface area (Å²) in [5.41, 5.74) is 3.23. The molecule has 2 amide bonds. The first-order valence-electron chi connectivity index (χ1n) is 12.5. The Morgan fingerprint density at radius 1 is 0.949 bits per heavy atom. The first-order chi connectivity index (χ1) is 18.3. The van der Waals surface area contributed by atoms with Crippen molar-refractivity contribution >= 4 is 29.5 Å². The number of hydrogen-bond acceptors (Lipinski definition) is 7. The highest BCUT2D eigenvalue weighted by Crippen LogP contribution is 2.20. The number of amides is 2. The maximum Gasteiger partial charge on any atom is 0.339 e.